The van der Waals surface area contributed by atoms with E-state index in [1.807, 2.05) is 13.0 Å². The molecule has 6 atom stereocenters. The van der Waals surface area contributed by atoms with Crippen molar-refractivity contribution in [2.75, 3.05) is 6.61 Å². The van der Waals surface area contributed by atoms with Crippen LogP contribution in [0.4, 0.5) is 0 Å². The number of allylic oxidation sites excluding steroid dienone is 4. The Balaban J connectivity index is 1.70. The SMILES string of the molecule is CC(=O)OCC(=O)[C@@]1(O)CC[C@H]2[C@H]3C[C@H](C)C4=CC(=O)CC[C@]4(C)C3=CC[C@@]21C. The van der Waals surface area contributed by atoms with Gasteiger partial charge in [-0.15, -0.1) is 0 Å². The van der Waals surface area contributed by atoms with Crippen molar-refractivity contribution in [2.45, 2.75) is 71.8 Å². The number of esters is 1. The summed E-state index contributed by atoms with van der Waals surface area (Å²) in [5.74, 6) is 0.192. The fraction of sp³-hybridized carbons (Fsp3) is 0.708. The zero-order chi connectivity index (χ0) is 21.2. The fourth-order valence-electron chi connectivity index (χ4n) is 7.03. The predicted octanol–water partition coefficient (Wildman–Crippen LogP) is 3.55. The van der Waals surface area contributed by atoms with Gasteiger partial charge < -0.3 is 9.84 Å². The number of Topliss-reactive ketones (excluding diaryl/α,β-unsaturated/α-hetero) is 1. The molecule has 1 N–H and O–H groups in total. The molecule has 158 valence electrons. The van der Waals surface area contributed by atoms with Crippen LogP contribution in [0.25, 0.3) is 0 Å². The summed E-state index contributed by atoms with van der Waals surface area (Å²) in [6, 6.07) is 0. The van der Waals surface area contributed by atoms with E-state index in [4.69, 9.17) is 4.74 Å². The maximum atomic E-state index is 12.9. The zero-order valence-corrected chi connectivity index (χ0v) is 17.9. The number of aliphatic hydroxyl groups is 1. The largest absolute Gasteiger partial charge is 0.458 e. The Morgan fingerprint density at radius 3 is 2.66 bits per heavy atom. The first kappa shape index (κ1) is 20.5. The predicted molar refractivity (Wildman–Crippen MR) is 108 cm³/mol. The monoisotopic (exact) mass is 400 g/mol. The molecule has 0 aromatic heterocycles. The lowest BCUT2D eigenvalue weighted by molar-refractivity contribution is -0.162. The number of hydrogen-bond donors (Lipinski definition) is 1. The van der Waals surface area contributed by atoms with Crippen LogP contribution in [0.3, 0.4) is 0 Å². The van der Waals surface area contributed by atoms with Crippen LogP contribution in [0, 0.1) is 28.6 Å². The number of ether oxygens (including phenoxy) is 1. The van der Waals surface area contributed by atoms with Gasteiger partial charge in [-0.05, 0) is 55.9 Å². The Kier molecular flexibility index (Phi) is 4.69. The van der Waals surface area contributed by atoms with Crippen molar-refractivity contribution in [1.82, 2.24) is 0 Å². The Morgan fingerprint density at radius 1 is 1.24 bits per heavy atom. The zero-order valence-electron chi connectivity index (χ0n) is 17.9. The molecule has 0 aromatic rings. The van der Waals surface area contributed by atoms with Gasteiger partial charge in [-0.3, -0.25) is 14.4 Å². The van der Waals surface area contributed by atoms with Crippen molar-refractivity contribution < 1.29 is 24.2 Å². The molecule has 29 heavy (non-hydrogen) atoms. The number of carbonyl (C=O) groups excluding carboxylic acids is 3. The number of rotatable bonds is 3. The number of ketones is 2. The summed E-state index contributed by atoms with van der Waals surface area (Å²) in [4.78, 5) is 36.1. The molecule has 2 fully saturated rings. The molecule has 0 bridgehead atoms. The molecule has 0 unspecified atom stereocenters. The molecular weight excluding hydrogens is 368 g/mol. The summed E-state index contributed by atoms with van der Waals surface area (Å²) in [6.07, 6.45) is 8.37. The van der Waals surface area contributed by atoms with E-state index in [0.717, 1.165) is 19.3 Å². The highest BCUT2D eigenvalue weighted by molar-refractivity contribution is 5.92. The molecule has 2 saturated carbocycles. The highest BCUT2D eigenvalue weighted by atomic mass is 16.5. The van der Waals surface area contributed by atoms with E-state index in [1.165, 1.54) is 18.1 Å². The minimum Gasteiger partial charge on any atom is -0.458 e. The van der Waals surface area contributed by atoms with E-state index in [2.05, 4.69) is 19.9 Å². The van der Waals surface area contributed by atoms with Crippen molar-refractivity contribution in [2.24, 2.45) is 28.6 Å². The van der Waals surface area contributed by atoms with Gasteiger partial charge in [0.15, 0.2) is 12.4 Å². The molecule has 0 spiro atoms. The Labute approximate surface area is 172 Å². The van der Waals surface area contributed by atoms with Crippen LogP contribution in [0.5, 0.6) is 0 Å². The van der Waals surface area contributed by atoms with Gasteiger partial charge in [-0.2, -0.15) is 0 Å². The number of fused-ring (bicyclic) bond motifs is 5. The van der Waals surface area contributed by atoms with E-state index in [-0.39, 0.29) is 29.5 Å². The van der Waals surface area contributed by atoms with Gasteiger partial charge in [0, 0.05) is 24.2 Å². The van der Waals surface area contributed by atoms with E-state index in [1.54, 1.807) is 0 Å². The van der Waals surface area contributed by atoms with Crippen LogP contribution in [0.15, 0.2) is 23.3 Å². The molecule has 5 nitrogen and oxygen atoms in total. The van der Waals surface area contributed by atoms with Crippen molar-refractivity contribution >= 4 is 17.5 Å². The third-order valence-electron chi connectivity index (χ3n) is 8.68. The molecule has 4 aliphatic carbocycles. The molecule has 5 heteroatoms. The van der Waals surface area contributed by atoms with E-state index >= 15 is 0 Å². The first-order valence-corrected chi connectivity index (χ1v) is 10.9. The van der Waals surface area contributed by atoms with Gasteiger partial charge in [-0.1, -0.05) is 38.0 Å². The van der Waals surface area contributed by atoms with Crippen LogP contribution in [0.1, 0.15) is 66.2 Å². The molecule has 0 amide bonds. The smallest absolute Gasteiger partial charge is 0.303 e. The van der Waals surface area contributed by atoms with Crippen LogP contribution < -0.4 is 0 Å². The van der Waals surface area contributed by atoms with Gasteiger partial charge in [0.05, 0.1) is 0 Å². The van der Waals surface area contributed by atoms with Crippen molar-refractivity contribution in [3.05, 3.63) is 23.3 Å². The second kappa shape index (κ2) is 6.63. The molecule has 0 saturated heterocycles. The highest BCUT2D eigenvalue weighted by Gasteiger charge is 2.64. The lowest BCUT2D eigenvalue weighted by Crippen LogP contribution is -2.56. The molecule has 0 radical (unpaired) electrons. The lowest BCUT2D eigenvalue weighted by Gasteiger charge is -2.56. The van der Waals surface area contributed by atoms with E-state index in [0.29, 0.717) is 31.1 Å². The van der Waals surface area contributed by atoms with Gasteiger partial charge in [0.2, 0.25) is 5.78 Å². The van der Waals surface area contributed by atoms with Crippen LogP contribution in [-0.2, 0) is 19.1 Å². The summed E-state index contributed by atoms with van der Waals surface area (Å²) >= 11 is 0. The van der Waals surface area contributed by atoms with Crippen LogP contribution >= 0.6 is 0 Å². The van der Waals surface area contributed by atoms with Gasteiger partial charge in [-0.25, -0.2) is 0 Å². The summed E-state index contributed by atoms with van der Waals surface area (Å²) in [7, 11) is 0. The Bertz CT molecular complexity index is 838. The number of carbonyl (C=O) groups is 3. The maximum absolute atomic E-state index is 12.9. The molecule has 0 aliphatic heterocycles. The molecular formula is C24H32O5. The van der Waals surface area contributed by atoms with Crippen LogP contribution in [-0.4, -0.2) is 34.9 Å². The van der Waals surface area contributed by atoms with Crippen molar-refractivity contribution in [3.63, 3.8) is 0 Å². The third kappa shape index (κ3) is 2.80. The van der Waals surface area contributed by atoms with Gasteiger partial charge >= 0.3 is 5.97 Å². The molecule has 4 rings (SSSR count). The Morgan fingerprint density at radius 2 is 1.97 bits per heavy atom. The van der Waals surface area contributed by atoms with E-state index in [9.17, 15) is 19.5 Å². The topological polar surface area (TPSA) is 80.7 Å². The summed E-state index contributed by atoms with van der Waals surface area (Å²) in [5, 5.41) is 11.5. The minimum absolute atomic E-state index is 0.0833. The highest BCUT2D eigenvalue weighted by Crippen LogP contribution is 2.66. The maximum Gasteiger partial charge on any atom is 0.303 e. The van der Waals surface area contributed by atoms with Crippen molar-refractivity contribution in [3.8, 4) is 0 Å². The van der Waals surface area contributed by atoms with Gasteiger partial charge in [0.1, 0.15) is 5.60 Å². The normalized spacial score (nSPS) is 43.5. The fourth-order valence-corrected chi connectivity index (χ4v) is 7.03. The van der Waals surface area contributed by atoms with Crippen molar-refractivity contribution in [1.29, 1.82) is 0 Å². The second-order valence-corrected chi connectivity index (χ2v) is 10.1. The standard InChI is InChI=1S/C24H32O5/c1-14-11-17-18(22(3)8-5-16(26)12-20(14)22)6-9-23(4)19(17)7-10-24(23,28)21(27)13-29-15(2)25/h6,12,14,17,19,28H,5,7-11,13H2,1-4H3/t14-,17-,19-,22+,23-,24-/m0/s1. The Hall–Kier alpha value is -1.75. The molecule has 0 aromatic carbocycles. The first-order valence-electron chi connectivity index (χ1n) is 10.9. The molecule has 0 heterocycles. The van der Waals surface area contributed by atoms with Gasteiger partial charge in [0.25, 0.3) is 0 Å². The minimum atomic E-state index is -1.46. The summed E-state index contributed by atoms with van der Waals surface area (Å²) in [5.41, 5.74) is 0.575. The third-order valence-corrected chi connectivity index (χ3v) is 8.68. The molecule has 4 aliphatic rings. The summed E-state index contributed by atoms with van der Waals surface area (Å²) in [6.45, 7) is 7.43. The average molecular weight is 401 g/mol. The quantitative estimate of drug-likeness (QED) is 0.579. The second-order valence-electron chi connectivity index (χ2n) is 10.1. The average Bonchev–Trinajstić information content (AvgIpc) is 2.94. The number of hydrogen-bond acceptors (Lipinski definition) is 5. The van der Waals surface area contributed by atoms with E-state index < -0.39 is 17.0 Å². The summed E-state index contributed by atoms with van der Waals surface area (Å²) < 4.78 is 4.92. The first-order chi connectivity index (χ1) is 13.5. The lowest BCUT2D eigenvalue weighted by atomic mass is 9.49. The van der Waals surface area contributed by atoms with Crippen LogP contribution in [0.2, 0.25) is 0 Å².